The van der Waals surface area contributed by atoms with Gasteiger partial charge in [0.1, 0.15) is 0 Å². The van der Waals surface area contributed by atoms with Crippen LogP contribution in [-0.2, 0) is 6.18 Å². The number of halogens is 4. The number of alkyl halides is 3. The average molecular weight is 370 g/mol. The zero-order valence-corrected chi connectivity index (χ0v) is 14.7. The van der Waals surface area contributed by atoms with Gasteiger partial charge in [-0.05, 0) is 55.8 Å². The Bertz CT molecular complexity index is 755. The van der Waals surface area contributed by atoms with Crippen LogP contribution in [0.5, 0.6) is 0 Å². The molecule has 2 aromatic rings. The molecule has 7 heteroatoms. The zero-order valence-electron chi connectivity index (χ0n) is 13.9. The minimum absolute atomic E-state index is 0.537. The van der Waals surface area contributed by atoms with Crippen molar-refractivity contribution in [3.8, 4) is 0 Å². The minimum Gasteiger partial charge on any atom is -0.398 e. The first kappa shape index (κ1) is 19.1. The maximum absolute atomic E-state index is 12.7. The average Bonchev–Trinajstić information content (AvgIpc) is 2.56. The second-order valence-corrected chi connectivity index (χ2v) is 6.02. The molecule has 25 heavy (non-hydrogen) atoms. The van der Waals surface area contributed by atoms with E-state index in [9.17, 15) is 13.2 Å². The highest BCUT2D eigenvalue weighted by atomic mass is 35.5. The van der Waals surface area contributed by atoms with Crippen LogP contribution in [0.1, 0.15) is 31.4 Å². The maximum Gasteiger partial charge on any atom is 0.416 e. The fraction of sp³-hybridized carbons (Fsp3) is 0.278. The van der Waals surface area contributed by atoms with Crippen molar-refractivity contribution in [2.24, 2.45) is 5.10 Å². The lowest BCUT2D eigenvalue weighted by molar-refractivity contribution is -0.137. The fourth-order valence-electron chi connectivity index (χ4n) is 2.35. The molecule has 0 amide bonds. The molecule has 2 rings (SSSR count). The third kappa shape index (κ3) is 4.89. The number of hydrogen-bond donors (Lipinski definition) is 1. The molecule has 0 heterocycles. The first-order valence-electron chi connectivity index (χ1n) is 7.77. The molecule has 0 saturated carbocycles. The van der Waals surface area contributed by atoms with Crippen LogP contribution in [0, 0.1) is 0 Å². The van der Waals surface area contributed by atoms with E-state index in [1.807, 2.05) is 6.92 Å². The molecule has 0 unspecified atom stereocenters. The van der Waals surface area contributed by atoms with Crippen molar-refractivity contribution >= 4 is 28.7 Å². The van der Waals surface area contributed by atoms with Gasteiger partial charge in [-0.3, -0.25) is 5.01 Å². The van der Waals surface area contributed by atoms with Gasteiger partial charge in [-0.2, -0.15) is 18.3 Å². The van der Waals surface area contributed by atoms with Crippen molar-refractivity contribution in [2.75, 3.05) is 17.3 Å². The van der Waals surface area contributed by atoms with Crippen LogP contribution < -0.4 is 10.7 Å². The molecular weight excluding hydrogens is 351 g/mol. The standard InChI is InChI=1S/C18H19ClF3N3/c1-3-10-25(15-7-4-13(5-8-15)18(20,21)22)24-12(2)16-11-14(19)6-9-17(16)23/h4-9,11H,3,10,23H2,1-2H3/b24-12+. The van der Waals surface area contributed by atoms with Crippen molar-refractivity contribution in [3.63, 3.8) is 0 Å². The lowest BCUT2D eigenvalue weighted by Gasteiger charge is -2.21. The van der Waals surface area contributed by atoms with E-state index >= 15 is 0 Å². The molecule has 0 aliphatic carbocycles. The van der Waals surface area contributed by atoms with Crippen molar-refractivity contribution in [3.05, 3.63) is 58.6 Å². The summed E-state index contributed by atoms with van der Waals surface area (Å²) in [5.74, 6) is 0. The van der Waals surface area contributed by atoms with E-state index in [-0.39, 0.29) is 0 Å². The van der Waals surface area contributed by atoms with Crippen LogP contribution in [0.4, 0.5) is 24.5 Å². The molecule has 0 fully saturated rings. The quantitative estimate of drug-likeness (QED) is 0.424. The summed E-state index contributed by atoms with van der Waals surface area (Å²) >= 11 is 6.01. The highest BCUT2D eigenvalue weighted by Crippen LogP contribution is 2.30. The Morgan fingerprint density at radius 1 is 1.16 bits per heavy atom. The highest BCUT2D eigenvalue weighted by Gasteiger charge is 2.30. The summed E-state index contributed by atoms with van der Waals surface area (Å²) in [6.45, 7) is 4.31. The van der Waals surface area contributed by atoms with Crippen LogP contribution in [0.25, 0.3) is 0 Å². The Kier molecular flexibility index (Phi) is 5.95. The van der Waals surface area contributed by atoms with E-state index in [0.717, 1.165) is 18.6 Å². The van der Waals surface area contributed by atoms with Gasteiger partial charge in [0.15, 0.2) is 0 Å². The van der Waals surface area contributed by atoms with Gasteiger partial charge < -0.3 is 5.73 Å². The summed E-state index contributed by atoms with van der Waals surface area (Å²) in [6, 6.07) is 10.0. The van der Waals surface area contributed by atoms with Crippen molar-refractivity contribution < 1.29 is 13.2 Å². The van der Waals surface area contributed by atoms with Gasteiger partial charge in [0.2, 0.25) is 0 Å². The number of benzene rings is 2. The maximum atomic E-state index is 12.7. The van der Waals surface area contributed by atoms with Gasteiger partial charge in [-0.25, -0.2) is 0 Å². The monoisotopic (exact) mass is 369 g/mol. The molecule has 0 saturated heterocycles. The largest absolute Gasteiger partial charge is 0.416 e. The van der Waals surface area contributed by atoms with Crippen molar-refractivity contribution in [2.45, 2.75) is 26.4 Å². The number of nitrogens with two attached hydrogens (primary N) is 1. The molecule has 3 nitrogen and oxygen atoms in total. The molecule has 2 N–H and O–H groups in total. The number of hydrogen-bond acceptors (Lipinski definition) is 3. The molecule has 0 atom stereocenters. The van der Waals surface area contributed by atoms with E-state index in [0.29, 0.717) is 34.2 Å². The lowest BCUT2D eigenvalue weighted by Crippen LogP contribution is -2.20. The summed E-state index contributed by atoms with van der Waals surface area (Å²) in [5.41, 5.74) is 7.72. The summed E-state index contributed by atoms with van der Waals surface area (Å²) in [5, 5.41) is 6.73. The van der Waals surface area contributed by atoms with Gasteiger partial charge in [0.05, 0.1) is 17.0 Å². The van der Waals surface area contributed by atoms with E-state index in [4.69, 9.17) is 17.3 Å². The predicted octanol–water partition coefficient (Wildman–Crippen LogP) is 5.58. The molecule has 0 spiro atoms. The molecule has 0 bridgehead atoms. The molecule has 0 radical (unpaired) electrons. The van der Waals surface area contributed by atoms with Crippen LogP contribution in [0.15, 0.2) is 47.6 Å². The zero-order chi connectivity index (χ0) is 18.6. The van der Waals surface area contributed by atoms with Gasteiger partial charge in [-0.1, -0.05) is 18.5 Å². The van der Waals surface area contributed by atoms with Gasteiger partial charge in [0.25, 0.3) is 0 Å². The van der Waals surface area contributed by atoms with Crippen molar-refractivity contribution in [1.29, 1.82) is 0 Å². The molecule has 0 aliphatic heterocycles. The molecule has 0 aromatic heterocycles. The smallest absolute Gasteiger partial charge is 0.398 e. The normalized spacial score (nSPS) is 12.3. The Labute approximate surface area is 149 Å². The lowest BCUT2D eigenvalue weighted by atomic mass is 10.1. The number of nitrogen functional groups attached to an aromatic ring is 1. The van der Waals surface area contributed by atoms with Crippen LogP contribution >= 0.6 is 11.6 Å². The summed E-state index contributed by atoms with van der Waals surface area (Å²) in [4.78, 5) is 0. The van der Waals surface area contributed by atoms with Gasteiger partial charge in [0, 0.05) is 22.8 Å². The second kappa shape index (κ2) is 7.78. The van der Waals surface area contributed by atoms with E-state index in [2.05, 4.69) is 5.10 Å². The Morgan fingerprint density at radius 3 is 2.36 bits per heavy atom. The Balaban J connectivity index is 2.35. The number of hydrazone groups is 1. The van der Waals surface area contributed by atoms with Gasteiger partial charge >= 0.3 is 6.18 Å². The van der Waals surface area contributed by atoms with Crippen LogP contribution in [0.2, 0.25) is 5.02 Å². The van der Waals surface area contributed by atoms with Crippen LogP contribution in [-0.4, -0.2) is 12.3 Å². The van der Waals surface area contributed by atoms with E-state index in [1.54, 1.807) is 30.1 Å². The minimum atomic E-state index is -4.36. The third-order valence-electron chi connectivity index (χ3n) is 3.60. The molecule has 134 valence electrons. The summed E-state index contributed by atoms with van der Waals surface area (Å²) in [7, 11) is 0. The van der Waals surface area contributed by atoms with Crippen LogP contribution in [0.3, 0.4) is 0 Å². The molecule has 0 aliphatic rings. The number of anilines is 2. The van der Waals surface area contributed by atoms with Crippen molar-refractivity contribution in [1.82, 2.24) is 0 Å². The number of rotatable bonds is 5. The van der Waals surface area contributed by atoms with E-state index < -0.39 is 11.7 Å². The first-order chi connectivity index (χ1) is 11.7. The Morgan fingerprint density at radius 2 is 1.80 bits per heavy atom. The topological polar surface area (TPSA) is 41.6 Å². The second-order valence-electron chi connectivity index (χ2n) is 5.58. The summed E-state index contributed by atoms with van der Waals surface area (Å²) < 4.78 is 38.1. The van der Waals surface area contributed by atoms with Gasteiger partial charge in [-0.15, -0.1) is 0 Å². The first-order valence-corrected chi connectivity index (χ1v) is 8.15. The highest BCUT2D eigenvalue weighted by molar-refractivity contribution is 6.31. The predicted molar refractivity (Wildman–Crippen MR) is 97.2 cm³/mol. The SMILES string of the molecule is CCCN(/N=C(\C)c1cc(Cl)ccc1N)c1ccc(C(F)(F)F)cc1. The Hall–Kier alpha value is -2.21. The molecule has 2 aromatic carbocycles. The fourth-order valence-corrected chi connectivity index (χ4v) is 2.52. The summed E-state index contributed by atoms with van der Waals surface area (Å²) in [6.07, 6.45) is -3.58. The molecular formula is C18H19ClF3N3. The third-order valence-corrected chi connectivity index (χ3v) is 3.84. The number of nitrogens with zero attached hydrogens (tertiary/aromatic N) is 2. The van der Waals surface area contributed by atoms with E-state index in [1.165, 1.54) is 12.1 Å².